The van der Waals surface area contributed by atoms with Gasteiger partial charge in [-0.25, -0.2) is 14.8 Å². The number of carboxylic acids is 1. The van der Waals surface area contributed by atoms with Crippen LogP contribution >= 0.6 is 0 Å². The number of aromatic carboxylic acids is 1. The Kier molecular flexibility index (Phi) is 6.36. The number of ether oxygens (including phenoxy) is 3. The van der Waals surface area contributed by atoms with Crippen LogP contribution in [0.2, 0.25) is 0 Å². The molecule has 2 heterocycles. The van der Waals surface area contributed by atoms with E-state index in [0.717, 1.165) is 0 Å². The number of nitrogen functional groups attached to an aromatic ring is 1. The van der Waals surface area contributed by atoms with Crippen LogP contribution in [-0.2, 0) is 4.74 Å². The van der Waals surface area contributed by atoms with E-state index in [1.807, 2.05) is 0 Å². The van der Waals surface area contributed by atoms with Crippen molar-refractivity contribution < 1.29 is 38.8 Å². The van der Waals surface area contributed by atoms with Gasteiger partial charge in [0.1, 0.15) is 17.1 Å². The largest absolute Gasteiger partial charge is 0.504 e. The fourth-order valence-electron chi connectivity index (χ4n) is 4.26. The number of nitrogens with two attached hydrogens (primary N) is 1. The number of anilines is 1. The molecule has 1 unspecified atom stereocenters. The Hall–Kier alpha value is -4.84. The molecule has 3 aromatic rings. The lowest BCUT2D eigenvalue weighted by Crippen LogP contribution is -2.42. The predicted octanol–water partition coefficient (Wildman–Crippen LogP) is 2.54. The van der Waals surface area contributed by atoms with E-state index in [0.29, 0.717) is 0 Å². The van der Waals surface area contributed by atoms with Crippen molar-refractivity contribution in [1.82, 2.24) is 9.97 Å². The van der Waals surface area contributed by atoms with Crippen LogP contribution in [0.1, 0.15) is 36.9 Å². The van der Waals surface area contributed by atoms with E-state index >= 15 is 0 Å². The molecule has 0 spiro atoms. The molecule has 1 aromatic carbocycles. The summed E-state index contributed by atoms with van der Waals surface area (Å²) in [5.41, 5.74) is 5.48. The van der Waals surface area contributed by atoms with Crippen LogP contribution in [0.5, 0.6) is 17.2 Å². The molecule has 0 saturated carbocycles. The zero-order valence-corrected chi connectivity index (χ0v) is 20.2. The number of fused-ring (bicyclic) bond motifs is 1. The molecule has 12 nitrogen and oxygen atoms in total. The van der Waals surface area contributed by atoms with Gasteiger partial charge in [0, 0.05) is 18.2 Å². The minimum absolute atomic E-state index is 0.00946. The van der Waals surface area contributed by atoms with Crippen molar-refractivity contribution in [3.05, 3.63) is 46.8 Å². The van der Waals surface area contributed by atoms with E-state index < -0.39 is 29.4 Å². The van der Waals surface area contributed by atoms with Crippen LogP contribution in [-0.4, -0.2) is 70.9 Å². The number of methoxy groups -OCH3 is 3. The van der Waals surface area contributed by atoms with Gasteiger partial charge in [-0.3, -0.25) is 15.0 Å². The monoisotopic (exact) mass is 506 g/mol. The summed E-state index contributed by atoms with van der Waals surface area (Å²) in [6, 6.07) is 5.70. The Morgan fingerprint density at radius 3 is 2.30 bits per heavy atom. The van der Waals surface area contributed by atoms with Crippen molar-refractivity contribution in [3.63, 3.8) is 0 Å². The molecule has 1 atom stereocenters. The van der Waals surface area contributed by atoms with Crippen molar-refractivity contribution in [2.45, 2.75) is 13.0 Å². The number of aromatic hydroxyl groups is 1. The zero-order chi connectivity index (χ0) is 27.2. The maximum atomic E-state index is 12.8. The summed E-state index contributed by atoms with van der Waals surface area (Å²) in [4.78, 5) is 45.9. The summed E-state index contributed by atoms with van der Waals surface area (Å²) in [6.07, 6.45) is -1.34. The molecule has 0 saturated heterocycles. The number of pyridine rings is 2. The highest BCUT2D eigenvalue weighted by molar-refractivity contribution is 6.53. The average Bonchev–Trinajstić information content (AvgIpc) is 2.88. The van der Waals surface area contributed by atoms with E-state index in [4.69, 9.17) is 25.4 Å². The molecule has 0 aliphatic heterocycles. The van der Waals surface area contributed by atoms with Crippen LogP contribution < -0.4 is 15.2 Å². The van der Waals surface area contributed by atoms with Crippen LogP contribution in [0.25, 0.3) is 22.5 Å². The van der Waals surface area contributed by atoms with Gasteiger partial charge in [0.15, 0.2) is 29.1 Å². The topological polar surface area (TPSA) is 195 Å². The molecular weight excluding hydrogens is 484 g/mol. The second-order valence-corrected chi connectivity index (χ2v) is 8.04. The minimum atomic E-state index is -1.37. The first-order chi connectivity index (χ1) is 17.6. The lowest BCUT2D eigenvalue weighted by Gasteiger charge is -2.22. The summed E-state index contributed by atoms with van der Waals surface area (Å²) in [7, 11) is 3.94. The number of ketones is 2. The van der Waals surface area contributed by atoms with Crippen molar-refractivity contribution >= 4 is 28.9 Å². The second kappa shape index (κ2) is 9.32. The van der Waals surface area contributed by atoms with Gasteiger partial charge in [0.05, 0.1) is 31.2 Å². The Labute approximate surface area is 210 Å². The van der Waals surface area contributed by atoms with Crippen LogP contribution in [0.3, 0.4) is 0 Å². The van der Waals surface area contributed by atoms with Gasteiger partial charge in [0.2, 0.25) is 11.5 Å². The molecule has 0 amide bonds. The Morgan fingerprint density at radius 2 is 1.70 bits per heavy atom. The maximum Gasteiger partial charge on any atom is 0.354 e. The average molecular weight is 506 g/mol. The predicted molar refractivity (Wildman–Crippen MR) is 131 cm³/mol. The molecule has 12 heteroatoms. The third-order valence-electron chi connectivity index (χ3n) is 6.07. The Bertz CT molecular complexity index is 1520. The number of hydrogen-bond donors (Lipinski definition) is 4. The van der Waals surface area contributed by atoms with Crippen molar-refractivity contribution in [2.75, 3.05) is 27.1 Å². The molecule has 37 heavy (non-hydrogen) atoms. The molecule has 190 valence electrons. The van der Waals surface area contributed by atoms with Gasteiger partial charge < -0.3 is 30.2 Å². The Morgan fingerprint density at radius 1 is 1.03 bits per heavy atom. The third kappa shape index (κ3) is 3.83. The number of carbonyl (C=O) groups excluding carboxylic acids is 2. The number of Topliss-reactive ketones (excluding diaryl/α,β-unsaturated/α-hetero) is 2. The summed E-state index contributed by atoms with van der Waals surface area (Å²) in [6.45, 7) is 1.48. The molecule has 0 fully saturated rings. The SMILES string of the molecule is COc1ccc(-c2c(C)c(C(=O)O)nc(-c3ccc4c(n3)C(=O)C(=N)C(OC)C4=O)c2N)c(O)c1OC. The van der Waals surface area contributed by atoms with Crippen molar-refractivity contribution in [2.24, 2.45) is 0 Å². The number of phenols is 1. The normalized spacial score (nSPS) is 14.9. The highest BCUT2D eigenvalue weighted by atomic mass is 16.5. The van der Waals surface area contributed by atoms with E-state index in [2.05, 4.69) is 9.97 Å². The molecular formula is C25H22N4O8. The number of carboxylic acid groups (broad SMARTS) is 1. The summed E-state index contributed by atoms with van der Waals surface area (Å²) in [5, 5.41) is 28.8. The lowest BCUT2D eigenvalue weighted by molar-refractivity contribution is 0.0689. The number of nitrogens with one attached hydrogen (secondary N) is 1. The number of rotatable bonds is 6. The van der Waals surface area contributed by atoms with Crippen LogP contribution in [0, 0.1) is 12.3 Å². The van der Waals surface area contributed by atoms with E-state index in [-0.39, 0.29) is 68.0 Å². The summed E-state index contributed by atoms with van der Waals surface area (Å²) >= 11 is 0. The van der Waals surface area contributed by atoms with Gasteiger partial charge in [0.25, 0.3) is 0 Å². The van der Waals surface area contributed by atoms with Crippen molar-refractivity contribution in [1.29, 1.82) is 5.41 Å². The smallest absolute Gasteiger partial charge is 0.354 e. The number of benzene rings is 1. The Balaban J connectivity index is 2.00. The molecule has 5 N–H and O–H groups in total. The first kappa shape index (κ1) is 25.3. The van der Waals surface area contributed by atoms with E-state index in [9.17, 15) is 24.6 Å². The van der Waals surface area contributed by atoms with Gasteiger partial charge >= 0.3 is 5.97 Å². The summed E-state index contributed by atoms with van der Waals surface area (Å²) in [5.74, 6) is -2.88. The number of phenolic OH excluding ortho intramolecular Hbond substituents is 1. The van der Waals surface area contributed by atoms with E-state index in [1.54, 1.807) is 0 Å². The van der Waals surface area contributed by atoms with Gasteiger partial charge in [-0.05, 0) is 36.8 Å². The van der Waals surface area contributed by atoms with E-state index in [1.165, 1.54) is 52.5 Å². The molecule has 1 aliphatic rings. The van der Waals surface area contributed by atoms with Crippen LogP contribution in [0.15, 0.2) is 24.3 Å². The first-order valence-corrected chi connectivity index (χ1v) is 10.8. The highest BCUT2D eigenvalue weighted by Crippen LogP contribution is 2.47. The molecule has 4 rings (SSSR count). The van der Waals surface area contributed by atoms with Gasteiger partial charge in [-0.1, -0.05) is 0 Å². The maximum absolute atomic E-state index is 12.8. The number of carbonyl (C=O) groups is 3. The quantitative estimate of drug-likeness (QED) is 0.383. The third-order valence-corrected chi connectivity index (χ3v) is 6.07. The number of hydrogen-bond acceptors (Lipinski definition) is 11. The summed E-state index contributed by atoms with van der Waals surface area (Å²) < 4.78 is 15.4. The number of aromatic nitrogens is 2. The van der Waals surface area contributed by atoms with Gasteiger partial charge in [-0.15, -0.1) is 0 Å². The van der Waals surface area contributed by atoms with Crippen molar-refractivity contribution in [3.8, 4) is 39.8 Å². The second-order valence-electron chi connectivity index (χ2n) is 8.04. The minimum Gasteiger partial charge on any atom is -0.504 e. The standard InChI is InChI=1S/C25H22N4O8/c1-9-14(10-6-8-13(35-2)23(36-3)20(10)30)15(26)19(29-17(9)25(33)34)12-7-5-11-18(28-12)22(32)16(27)24(37-4)21(11)31/h5-8,24,27,30H,26H2,1-4H3,(H,33,34). The van der Waals surface area contributed by atoms with Gasteiger partial charge in [-0.2, -0.15) is 0 Å². The first-order valence-electron chi connectivity index (χ1n) is 10.8. The zero-order valence-electron chi connectivity index (χ0n) is 20.2. The van der Waals surface area contributed by atoms with Crippen LogP contribution in [0.4, 0.5) is 5.69 Å². The number of nitrogens with zero attached hydrogens (tertiary/aromatic N) is 2. The molecule has 0 bridgehead atoms. The molecule has 0 radical (unpaired) electrons. The fraction of sp³-hybridized carbons (Fsp3) is 0.200. The highest BCUT2D eigenvalue weighted by Gasteiger charge is 2.39. The molecule has 1 aliphatic carbocycles. The fourth-order valence-corrected chi connectivity index (χ4v) is 4.26. The lowest BCUT2D eigenvalue weighted by atomic mass is 9.89. The molecule has 2 aromatic heterocycles.